The highest BCUT2D eigenvalue weighted by molar-refractivity contribution is 5.19. The Kier molecular flexibility index (Phi) is 3.24. The molecule has 0 saturated heterocycles. The van der Waals surface area contributed by atoms with Gasteiger partial charge < -0.3 is 5.73 Å². The molecule has 0 bridgehead atoms. The highest BCUT2D eigenvalue weighted by atomic mass is 19.1. The number of hydrogen-bond donors (Lipinski definition) is 1. The molecule has 88 valence electrons. The molecule has 0 aromatic heterocycles. The Morgan fingerprint density at radius 2 is 2.06 bits per heavy atom. The fraction of sp³-hybridized carbons (Fsp3) is 0.538. The van der Waals surface area contributed by atoms with Crippen LogP contribution in [0.5, 0.6) is 0 Å². The van der Waals surface area contributed by atoms with Crippen molar-refractivity contribution in [3.8, 4) is 0 Å². The average Bonchev–Trinajstić information content (AvgIpc) is 3.04. The number of nitrogens with two attached hydrogens (primary N) is 1. The van der Waals surface area contributed by atoms with Gasteiger partial charge in [-0.3, -0.25) is 0 Å². The highest BCUT2D eigenvalue weighted by Crippen LogP contribution is 2.38. The van der Waals surface area contributed by atoms with Gasteiger partial charge in [-0.15, -0.1) is 0 Å². The SMILES string of the molecule is CC(C(N)Cc1ccc(F)cc1F)C1CC1. The topological polar surface area (TPSA) is 26.0 Å². The fourth-order valence-electron chi connectivity index (χ4n) is 2.10. The Hall–Kier alpha value is -0.960. The lowest BCUT2D eigenvalue weighted by Gasteiger charge is -2.19. The monoisotopic (exact) mass is 225 g/mol. The van der Waals surface area contributed by atoms with E-state index < -0.39 is 11.6 Å². The summed E-state index contributed by atoms with van der Waals surface area (Å²) in [4.78, 5) is 0. The Labute approximate surface area is 94.7 Å². The molecule has 0 spiro atoms. The maximum absolute atomic E-state index is 13.4. The quantitative estimate of drug-likeness (QED) is 0.837. The first-order valence-corrected chi connectivity index (χ1v) is 5.77. The van der Waals surface area contributed by atoms with E-state index >= 15 is 0 Å². The molecule has 3 heteroatoms. The van der Waals surface area contributed by atoms with Crippen LogP contribution in [0, 0.1) is 23.5 Å². The van der Waals surface area contributed by atoms with E-state index in [2.05, 4.69) is 6.92 Å². The van der Waals surface area contributed by atoms with E-state index in [1.165, 1.54) is 25.0 Å². The second-order valence-electron chi connectivity index (χ2n) is 4.80. The van der Waals surface area contributed by atoms with Crippen molar-refractivity contribution in [3.05, 3.63) is 35.4 Å². The van der Waals surface area contributed by atoms with Gasteiger partial charge in [0.1, 0.15) is 11.6 Å². The maximum atomic E-state index is 13.4. The van der Waals surface area contributed by atoms with E-state index in [0.29, 0.717) is 23.8 Å². The average molecular weight is 225 g/mol. The second kappa shape index (κ2) is 4.50. The zero-order chi connectivity index (χ0) is 11.7. The molecule has 1 aromatic carbocycles. The van der Waals surface area contributed by atoms with Crippen molar-refractivity contribution in [3.63, 3.8) is 0 Å². The Balaban J connectivity index is 2.02. The molecule has 0 aliphatic heterocycles. The van der Waals surface area contributed by atoms with Gasteiger partial charge in [0.2, 0.25) is 0 Å². The highest BCUT2D eigenvalue weighted by Gasteiger charge is 2.31. The van der Waals surface area contributed by atoms with E-state index in [-0.39, 0.29) is 6.04 Å². The van der Waals surface area contributed by atoms with Gasteiger partial charge in [-0.2, -0.15) is 0 Å². The minimum Gasteiger partial charge on any atom is -0.327 e. The molecule has 1 saturated carbocycles. The third-order valence-corrected chi connectivity index (χ3v) is 3.51. The van der Waals surface area contributed by atoms with E-state index in [0.717, 1.165) is 6.07 Å². The van der Waals surface area contributed by atoms with Crippen molar-refractivity contribution in [2.75, 3.05) is 0 Å². The second-order valence-corrected chi connectivity index (χ2v) is 4.80. The predicted octanol–water partition coefficient (Wildman–Crippen LogP) is 2.88. The molecule has 1 fully saturated rings. The summed E-state index contributed by atoms with van der Waals surface area (Å²) in [6.07, 6.45) is 2.96. The van der Waals surface area contributed by atoms with E-state index in [1.807, 2.05) is 0 Å². The smallest absolute Gasteiger partial charge is 0.129 e. The van der Waals surface area contributed by atoms with E-state index in [1.54, 1.807) is 0 Å². The summed E-state index contributed by atoms with van der Waals surface area (Å²) in [6, 6.07) is 3.66. The zero-order valence-corrected chi connectivity index (χ0v) is 9.42. The first-order chi connectivity index (χ1) is 7.58. The zero-order valence-electron chi connectivity index (χ0n) is 9.42. The molecule has 0 radical (unpaired) electrons. The van der Waals surface area contributed by atoms with Gasteiger partial charge >= 0.3 is 0 Å². The summed E-state index contributed by atoms with van der Waals surface area (Å²) in [5.74, 6) is 0.103. The summed E-state index contributed by atoms with van der Waals surface area (Å²) in [6.45, 7) is 2.11. The molecule has 2 rings (SSSR count). The van der Waals surface area contributed by atoms with Gasteiger partial charge in [0, 0.05) is 12.1 Å². The minimum atomic E-state index is -0.537. The number of rotatable bonds is 4. The minimum absolute atomic E-state index is 0.0348. The number of halogens is 2. The van der Waals surface area contributed by atoms with Crippen LogP contribution in [-0.4, -0.2) is 6.04 Å². The number of hydrogen-bond acceptors (Lipinski definition) is 1. The van der Waals surface area contributed by atoms with Crippen molar-refractivity contribution in [1.29, 1.82) is 0 Å². The first kappa shape index (κ1) is 11.5. The third kappa shape index (κ3) is 2.59. The van der Waals surface area contributed by atoms with Gasteiger partial charge in [-0.1, -0.05) is 13.0 Å². The molecule has 1 aliphatic carbocycles. The van der Waals surface area contributed by atoms with Crippen molar-refractivity contribution in [2.45, 2.75) is 32.2 Å². The lowest BCUT2D eigenvalue weighted by molar-refractivity contribution is 0.399. The van der Waals surface area contributed by atoms with Gasteiger partial charge in [0.25, 0.3) is 0 Å². The normalized spacial score (nSPS) is 19.5. The van der Waals surface area contributed by atoms with Crippen LogP contribution in [0.4, 0.5) is 8.78 Å². The molecule has 1 aromatic rings. The Bertz CT molecular complexity index is 374. The molecular formula is C13H17F2N. The van der Waals surface area contributed by atoms with Crippen LogP contribution in [0.2, 0.25) is 0 Å². The van der Waals surface area contributed by atoms with Crippen LogP contribution in [0.1, 0.15) is 25.3 Å². The summed E-state index contributed by atoms with van der Waals surface area (Å²) in [5, 5.41) is 0. The molecule has 2 atom stereocenters. The molecule has 1 aliphatic rings. The molecule has 2 N–H and O–H groups in total. The first-order valence-electron chi connectivity index (χ1n) is 5.77. The Morgan fingerprint density at radius 3 is 2.62 bits per heavy atom. The summed E-state index contributed by atoms with van der Waals surface area (Å²) in [5.41, 5.74) is 6.55. The van der Waals surface area contributed by atoms with Crippen LogP contribution in [-0.2, 0) is 6.42 Å². The van der Waals surface area contributed by atoms with E-state index in [4.69, 9.17) is 5.73 Å². The summed E-state index contributed by atoms with van der Waals surface area (Å²) in [7, 11) is 0. The van der Waals surface area contributed by atoms with Crippen LogP contribution >= 0.6 is 0 Å². The summed E-state index contributed by atoms with van der Waals surface area (Å²) < 4.78 is 26.1. The Morgan fingerprint density at radius 1 is 1.38 bits per heavy atom. The lowest BCUT2D eigenvalue weighted by Crippen LogP contribution is -2.32. The molecule has 0 heterocycles. The van der Waals surface area contributed by atoms with Crippen LogP contribution in [0.3, 0.4) is 0 Å². The van der Waals surface area contributed by atoms with Crippen molar-refractivity contribution >= 4 is 0 Å². The van der Waals surface area contributed by atoms with Crippen LogP contribution in [0.15, 0.2) is 18.2 Å². The molecule has 1 nitrogen and oxygen atoms in total. The van der Waals surface area contributed by atoms with Crippen LogP contribution in [0.25, 0.3) is 0 Å². The van der Waals surface area contributed by atoms with Gasteiger partial charge in [0.05, 0.1) is 0 Å². The van der Waals surface area contributed by atoms with Crippen molar-refractivity contribution < 1.29 is 8.78 Å². The fourth-order valence-corrected chi connectivity index (χ4v) is 2.10. The largest absolute Gasteiger partial charge is 0.327 e. The lowest BCUT2D eigenvalue weighted by atomic mass is 9.92. The third-order valence-electron chi connectivity index (χ3n) is 3.51. The van der Waals surface area contributed by atoms with Crippen molar-refractivity contribution in [1.82, 2.24) is 0 Å². The molecule has 2 unspecified atom stereocenters. The predicted molar refractivity (Wildman–Crippen MR) is 59.9 cm³/mol. The number of benzene rings is 1. The molecule has 16 heavy (non-hydrogen) atoms. The standard InChI is InChI=1S/C13H17F2N/c1-8(9-2-3-9)13(16)6-10-4-5-11(14)7-12(10)15/h4-5,7-9,13H,2-3,6,16H2,1H3. The van der Waals surface area contributed by atoms with Gasteiger partial charge in [-0.05, 0) is 42.7 Å². The maximum Gasteiger partial charge on any atom is 0.129 e. The van der Waals surface area contributed by atoms with Gasteiger partial charge in [0.15, 0.2) is 0 Å². The van der Waals surface area contributed by atoms with Gasteiger partial charge in [-0.25, -0.2) is 8.78 Å². The molecule has 0 amide bonds. The van der Waals surface area contributed by atoms with Crippen molar-refractivity contribution in [2.24, 2.45) is 17.6 Å². The summed E-state index contributed by atoms with van der Waals surface area (Å²) >= 11 is 0. The molecular weight excluding hydrogens is 208 g/mol. The van der Waals surface area contributed by atoms with E-state index in [9.17, 15) is 8.78 Å². The van der Waals surface area contributed by atoms with Crippen LogP contribution < -0.4 is 5.73 Å².